The standard InChI is InChI=1S/C22H24N6O4/c29-17-5-4-16(20(30)26-17)28-21(31)14-3-1-2-13(18(14)22(28)32)10-24-19-15(11-25-27-19)12-6-8-23-9-7-12/h1-3,11-12,16,23H,4-10H2,(H2,24,25,27)(H,26,29,30). The summed E-state index contributed by atoms with van der Waals surface area (Å²) in [5.74, 6) is -0.784. The van der Waals surface area contributed by atoms with E-state index in [9.17, 15) is 19.2 Å². The lowest BCUT2D eigenvalue weighted by Crippen LogP contribution is -2.54. The molecule has 4 heterocycles. The van der Waals surface area contributed by atoms with Crippen molar-refractivity contribution in [3.8, 4) is 0 Å². The number of hydrogen-bond donors (Lipinski definition) is 4. The molecule has 0 spiro atoms. The van der Waals surface area contributed by atoms with Gasteiger partial charge in [-0.25, -0.2) is 0 Å². The summed E-state index contributed by atoms with van der Waals surface area (Å²) >= 11 is 0. The van der Waals surface area contributed by atoms with Gasteiger partial charge in [0.25, 0.3) is 11.8 Å². The minimum absolute atomic E-state index is 0.0948. The number of carbonyl (C=O) groups excluding carboxylic acids is 4. The summed E-state index contributed by atoms with van der Waals surface area (Å²) in [6.07, 6.45) is 4.13. The molecule has 0 bridgehead atoms. The quantitative estimate of drug-likeness (QED) is 0.511. The molecule has 1 atom stereocenters. The van der Waals surface area contributed by atoms with Crippen LogP contribution in [0.15, 0.2) is 24.4 Å². The van der Waals surface area contributed by atoms with Crippen LogP contribution in [-0.2, 0) is 16.1 Å². The molecule has 166 valence electrons. The number of nitrogens with zero attached hydrogens (tertiary/aromatic N) is 2. The number of amides is 4. The molecule has 3 aliphatic heterocycles. The molecular formula is C22H24N6O4. The van der Waals surface area contributed by atoms with E-state index in [2.05, 4.69) is 26.1 Å². The number of nitrogens with one attached hydrogen (secondary N) is 4. The van der Waals surface area contributed by atoms with E-state index >= 15 is 0 Å². The summed E-state index contributed by atoms with van der Waals surface area (Å²) in [6.45, 7) is 2.26. The second-order valence-electron chi connectivity index (χ2n) is 8.37. The Morgan fingerprint density at radius 3 is 2.66 bits per heavy atom. The van der Waals surface area contributed by atoms with E-state index in [1.807, 2.05) is 6.20 Å². The maximum atomic E-state index is 13.2. The summed E-state index contributed by atoms with van der Waals surface area (Å²) in [5.41, 5.74) is 2.37. The van der Waals surface area contributed by atoms with Gasteiger partial charge in [0, 0.05) is 18.5 Å². The molecular weight excluding hydrogens is 412 g/mol. The van der Waals surface area contributed by atoms with Crippen molar-refractivity contribution in [2.24, 2.45) is 0 Å². The number of aromatic amines is 1. The lowest BCUT2D eigenvalue weighted by Gasteiger charge is -2.27. The molecule has 10 nitrogen and oxygen atoms in total. The van der Waals surface area contributed by atoms with E-state index in [1.54, 1.807) is 18.2 Å². The monoisotopic (exact) mass is 436 g/mol. The van der Waals surface area contributed by atoms with Crippen LogP contribution in [0.5, 0.6) is 0 Å². The van der Waals surface area contributed by atoms with Crippen LogP contribution >= 0.6 is 0 Å². The van der Waals surface area contributed by atoms with Crippen LogP contribution < -0.4 is 16.0 Å². The number of imide groups is 2. The lowest BCUT2D eigenvalue weighted by atomic mass is 9.92. The topological polar surface area (TPSA) is 136 Å². The van der Waals surface area contributed by atoms with Gasteiger partial charge in [-0.05, 0) is 49.9 Å². The van der Waals surface area contributed by atoms with E-state index in [0.29, 0.717) is 23.6 Å². The fourth-order valence-electron chi connectivity index (χ4n) is 4.80. The first kappa shape index (κ1) is 20.4. The number of H-pyrrole nitrogens is 1. The highest BCUT2D eigenvalue weighted by molar-refractivity contribution is 6.24. The summed E-state index contributed by atoms with van der Waals surface area (Å²) < 4.78 is 0. The third-order valence-corrected chi connectivity index (χ3v) is 6.46. The summed E-state index contributed by atoms with van der Waals surface area (Å²) in [7, 11) is 0. The number of hydrogen-bond acceptors (Lipinski definition) is 7. The lowest BCUT2D eigenvalue weighted by molar-refractivity contribution is -0.136. The first-order valence-corrected chi connectivity index (χ1v) is 10.9. The van der Waals surface area contributed by atoms with Gasteiger partial charge < -0.3 is 10.6 Å². The first-order valence-electron chi connectivity index (χ1n) is 10.9. The summed E-state index contributed by atoms with van der Waals surface area (Å²) in [5, 5.41) is 16.1. The van der Waals surface area contributed by atoms with Gasteiger partial charge in [0.2, 0.25) is 11.8 Å². The molecule has 0 aliphatic carbocycles. The first-order chi connectivity index (χ1) is 15.5. The average molecular weight is 436 g/mol. The largest absolute Gasteiger partial charge is 0.366 e. The van der Waals surface area contributed by atoms with Gasteiger partial charge in [0.1, 0.15) is 11.9 Å². The Balaban J connectivity index is 1.37. The highest BCUT2D eigenvalue weighted by Gasteiger charge is 2.45. The van der Waals surface area contributed by atoms with Gasteiger partial charge in [-0.2, -0.15) is 5.10 Å². The number of fused-ring (bicyclic) bond motifs is 1. The van der Waals surface area contributed by atoms with E-state index in [1.165, 1.54) is 0 Å². The normalized spacial score (nSPS) is 21.6. The van der Waals surface area contributed by atoms with Crippen LogP contribution in [-0.4, -0.2) is 57.9 Å². The van der Waals surface area contributed by atoms with Crippen LogP contribution in [0.3, 0.4) is 0 Å². The molecule has 5 rings (SSSR count). The number of aromatic nitrogens is 2. The minimum Gasteiger partial charge on any atom is -0.366 e. The van der Waals surface area contributed by atoms with Gasteiger partial charge in [-0.1, -0.05) is 12.1 Å². The van der Waals surface area contributed by atoms with E-state index in [0.717, 1.165) is 42.2 Å². The van der Waals surface area contributed by atoms with Crippen molar-refractivity contribution in [3.63, 3.8) is 0 Å². The summed E-state index contributed by atoms with van der Waals surface area (Å²) in [4.78, 5) is 50.9. The number of rotatable bonds is 5. The van der Waals surface area contributed by atoms with Crippen LogP contribution in [0.2, 0.25) is 0 Å². The molecule has 1 aromatic carbocycles. The average Bonchev–Trinajstić information content (AvgIpc) is 3.37. The van der Waals surface area contributed by atoms with E-state index in [-0.39, 0.29) is 18.4 Å². The predicted octanol–water partition coefficient (Wildman–Crippen LogP) is 0.890. The third kappa shape index (κ3) is 3.46. The van der Waals surface area contributed by atoms with Crippen LogP contribution in [0.25, 0.3) is 0 Å². The van der Waals surface area contributed by atoms with Crippen molar-refractivity contribution in [1.29, 1.82) is 0 Å². The summed E-state index contributed by atoms with van der Waals surface area (Å²) in [6, 6.07) is 4.16. The molecule has 1 unspecified atom stereocenters. The highest BCUT2D eigenvalue weighted by Crippen LogP contribution is 2.32. The van der Waals surface area contributed by atoms with Crippen LogP contribution in [0.4, 0.5) is 5.82 Å². The Hall–Kier alpha value is -3.53. The fraction of sp³-hybridized carbons (Fsp3) is 0.409. The maximum absolute atomic E-state index is 13.2. The number of benzene rings is 1. The smallest absolute Gasteiger partial charge is 0.262 e. The Labute approximate surface area is 184 Å². The number of carbonyl (C=O) groups is 4. The molecule has 2 aromatic rings. The minimum atomic E-state index is -0.972. The Morgan fingerprint density at radius 2 is 1.88 bits per heavy atom. The fourth-order valence-corrected chi connectivity index (χ4v) is 4.80. The van der Waals surface area contributed by atoms with Crippen molar-refractivity contribution in [1.82, 2.24) is 25.7 Å². The van der Waals surface area contributed by atoms with Gasteiger partial charge >= 0.3 is 0 Å². The van der Waals surface area contributed by atoms with Gasteiger partial charge in [0.15, 0.2) is 0 Å². The third-order valence-electron chi connectivity index (χ3n) is 6.46. The molecule has 0 saturated carbocycles. The van der Waals surface area contributed by atoms with Crippen molar-refractivity contribution >= 4 is 29.4 Å². The zero-order chi connectivity index (χ0) is 22.2. The molecule has 0 radical (unpaired) electrons. The molecule has 4 amide bonds. The predicted molar refractivity (Wildman–Crippen MR) is 114 cm³/mol. The van der Waals surface area contributed by atoms with Gasteiger partial charge in [-0.3, -0.25) is 34.5 Å². The Morgan fingerprint density at radius 1 is 1.06 bits per heavy atom. The Bertz CT molecular complexity index is 1100. The molecule has 32 heavy (non-hydrogen) atoms. The van der Waals surface area contributed by atoms with Crippen LogP contribution in [0, 0.1) is 0 Å². The number of anilines is 1. The van der Waals surface area contributed by atoms with Crippen LogP contribution in [0.1, 0.15) is 63.4 Å². The van der Waals surface area contributed by atoms with Crippen molar-refractivity contribution in [3.05, 3.63) is 46.6 Å². The van der Waals surface area contributed by atoms with Gasteiger partial charge in [-0.15, -0.1) is 0 Å². The highest BCUT2D eigenvalue weighted by atomic mass is 16.2. The van der Waals surface area contributed by atoms with Crippen molar-refractivity contribution < 1.29 is 19.2 Å². The van der Waals surface area contributed by atoms with E-state index < -0.39 is 29.7 Å². The van der Waals surface area contributed by atoms with Gasteiger partial charge in [0.05, 0.1) is 17.3 Å². The zero-order valence-electron chi connectivity index (χ0n) is 17.4. The molecule has 1 aromatic heterocycles. The van der Waals surface area contributed by atoms with E-state index in [4.69, 9.17) is 0 Å². The molecule has 10 heteroatoms. The molecule has 2 fully saturated rings. The Kier molecular flexibility index (Phi) is 5.22. The molecule has 3 aliphatic rings. The molecule has 4 N–H and O–H groups in total. The van der Waals surface area contributed by atoms with Crippen molar-refractivity contribution in [2.75, 3.05) is 18.4 Å². The van der Waals surface area contributed by atoms with Crippen molar-refractivity contribution in [2.45, 2.75) is 44.2 Å². The second-order valence-corrected chi connectivity index (χ2v) is 8.37. The SMILES string of the molecule is O=C1CCC(N2C(=O)c3cccc(CNc4[nH]ncc4C4CCNCC4)c3C2=O)C(=O)N1. The maximum Gasteiger partial charge on any atom is 0.262 e. The zero-order valence-corrected chi connectivity index (χ0v) is 17.4. The number of piperidine rings is 2. The molecule has 2 saturated heterocycles. The second kappa shape index (κ2) is 8.19.